The second-order valence-electron chi connectivity index (χ2n) is 5.48. The van der Waals surface area contributed by atoms with Gasteiger partial charge in [0.25, 0.3) is 0 Å². The molecule has 5 nitrogen and oxygen atoms in total. The second-order valence-corrected chi connectivity index (χ2v) is 5.48. The molecular weight excluding hydrogens is 278 g/mol. The predicted octanol–water partition coefficient (Wildman–Crippen LogP) is 1.98. The molecule has 5 heteroatoms. The minimum absolute atomic E-state index is 0.140. The summed E-state index contributed by atoms with van der Waals surface area (Å²) in [5, 5.41) is 9.70. The first kappa shape index (κ1) is 14.7. The predicted molar refractivity (Wildman–Crippen MR) is 88.0 cm³/mol. The molecule has 0 spiro atoms. The van der Waals surface area contributed by atoms with Crippen molar-refractivity contribution in [2.45, 2.75) is 6.04 Å². The summed E-state index contributed by atoms with van der Waals surface area (Å²) in [4.78, 5) is 9.50. The average molecular weight is 299 g/mol. The van der Waals surface area contributed by atoms with E-state index >= 15 is 0 Å². The van der Waals surface area contributed by atoms with Crippen LogP contribution in [0.1, 0.15) is 0 Å². The first-order valence-electron chi connectivity index (χ1n) is 7.45. The Morgan fingerprint density at radius 1 is 1.05 bits per heavy atom. The zero-order valence-electron chi connectivity index (χ0n) is 12.4. The van der Waals surface area contributed by atoms with Crippen molar-refractivity contribution in [3.8, 4) is 5.75 Å². The number of aromatic hydroxyl groups is 1. The number of hydrogen-bond acceptors (Lipinski definition) is 5. The van der Waals surface area contributed by atoms with Crippen LogP contribution in [0.3, 0.4) is 0 Å². The Morgan fingerprint density at radius 3 is 2.55 bits per heavy atom. The molecular formula is C17H21N3O2. The zero-order chi connectivity index (χ0) is 15.4. The van der Waals surface area contributed by atoms with Gasteiger partial charge >= 0.3 is 0 Å². The van der Waals surface area contributed by atoms with Crippen molar-refractivity contribution < 1.29 is 9.94 Å². The van der Waals surface area contributed by atoms with Gasteiger partial charge in [0, 0.05) is 37.1 Å². The van der Waals surface area contributed by atoms with Crippen LogP contribution in [0.25, 0.3) is 0 Å². The van der Waals surface area contributed by atoms with E-state index in [0.717, 1.165) is 25.3 Å². The van der Waals surface area contributed by atoms with Crippen LogP contribution >= 0.6 is 0 Å². The fourth-order valence-corrected chi connectivity index (χ4v) is 2.99. The zero-order valence-corrected chi connectivity index (χ0v) is 12.4. The van der Waals surface area contributed by atoms with Gasteiger partial charge in [-0.15, -0.1) is 0 Å². The summed E-state index contributed by atoms with van der Waals surface area (Å²) in [6.45, 7) is 3.04. The fraction of sp³-hybridized carbons (Fsp3) is 0.294. The Morgan fingerprint density at radius 2 is 1.82 bits per heavy atom. The molecule has 0 saturated carbocycles. The monoisotopic (exact) mass is 299 g/mol. The molecule has 0 radical (unpaired) electrons. The molecule has 0 amide bonds. The molecule has 1 unspecified atom stereocenters. The summed E-state index contributed by atoms with van der Waals surface area (Å²) in [6, 6.07) is 17.8. The molecule has 0 aliphatic carbocycles. The third-order valence-electron chi connectivity index (χ3n) is 4.05. The molecule has 0 aromatic heterocycles. The van der Waals surface area contributed by atoms with Crippen molar-refractivity contribution in [2.24, 2.45) is 5.90 Å². The van der Waals surface area contributed by atoms with E-state index in [9.17, 15) is 5.11 Å². The minimum Gasteiger partial charge on any atom is -0.508 e. The van der Waals surface area contributed by atoms with Crippen LogP contribution in [0.5, 0.6) is 5.75 Å². The minimum atomic E-state index is 0.140. The summed E-state index contributed by atoms with van der Waals surface area (Å²) in [6.07, 6.45) is 0. The molecule has 2 aromatic carbocycles. The van der Waals surface area contributed by atoms with Crippen LogP contribution < -0.4 is 15.7 Å². The van der Waals surface area contributed by atoms with E-state index < -0.39 is 0 Å². The van der Waals surface area contributed by atoms with Gasteiger partial charge in [0.05, 0.1) is 12.6 Å². The Kier molecular flexibility index (Phi) is 4.46. The van der Waals surface area contributed by atoms with Gasteiger partial charge in [0.2, 0.25) is 0 Å². The van der Waals surface area contributed by atoms with E-state index in [0.29, 0.717) is 6.61 Å². The van der Waals surface area contributed by atoms with Crippen molar-refractivity contribution in [1.29, 1.82) is 0 Å². The molecule has 0 bridgehead atoms. The number of benzene rings is 2. The van der Waals surface area contributed by atoms with Gasteiger partial charge in [0.1, 0.15) is 5.75 Å². The Balaban J connectivity index is 1.79. The topological polar surface area (TPSA) is 62.0 Å². The first-order chi connectivity index (χ1) is 10.8. The Hall–Kier alpha value is -2.24. The van der Waals surface area contributed by atoms with Crippen molar-refractivity contribution in [2.75, 3.05) is 36.0 Å². The van der Waals surface area contributed by atoms with Crippen LogP contribution in [-0.2, 0) is 4.84 Å². The maximum absolute atomic E-state index is 9.70. The molecule has 1 atom stereocenters. The third kappa shape index (κ3) is 3.16. The number of rotatable bonds is 4. The van der Waals surface area contributed by atoms with Crippen LogP contribution in [-0.4, -0.2) is 37.4 Å². The number of nitrogens with two attached hydrogens (primary N) is 1. The molecule has 1 aliphatic heterocycles. The lowest BCUT2D eigenvalue weighted by Crippen LogP contribution is -2.55. The average Bonchev–Trinajstić information content (AvgIpc) is 2.56. The van der Waals surface area contributed by atoms with E-state index in [1.807, 2.05) is 30.3 Å². The molecule has 1 fully saturated rings. The number of nitrogens with zero attached hydrogens (tertiary/aromatic N) is 2. The SMILES string of the molecule is NOCC1CN(c2ccccc2)CCN1c1cccc(O)c1. The molecule has 1 saturated heterocycles. The molecule has 1 heterocycles. The number of para-hydroxylation sites is 1. The van der Waals surface area contributed by atoms with E-state index in [-0.39, 0.29) is 11.8 Å². The fourth-order valence-electron chi connectivity index (χ4n) is 2.99. The number of phenolic OH excluding ortho intramolecular Hbond substituents is 1. The molecule has 2 aromatic rings. The third-order valence-corrected chi connectivity index (χ3v) is 4.05. The summed E-state index contributed by atoms with van der Waals surface area (Å²) in [5.74, 6) is 5.59. The quantitative estimate of drug-likeness (QED) is 0.845. The highest BCUT2D eigenvalue weighted by atomic mass is 16.6. The lowest BCUT2D eigenvalue weighted by Gasteiger charge is -2.43. The first-order valence-corrected chi connectivity index (χ1v) is 7.45. The van der Waals surface area contributed by atoms with E-state index in [1.54, 1.807) is 12.1 Å². The molecule has 3 rings (SSSR count). The van der Waals surface area contributed by atoms with Crippen molar-refractivity contribution >= 4 is 11.4 Å². The lowest BCUT2D eigenvalue weighted by atomic mass is 10.1. The number of hydrogen-bond donors (Lipinski definition) is 2. The molecule has 116 valence electrons. The van der Waals surface area contributed by atoms with E-state index in [1.165, 1.54) is 5.69 Å². The highest BCUT2D eigenvalue weighted by molar-refractivity contribution is 5.55. The number of anilines is 2. The van der Waals surface area contributed by atoms with Gasteiger partial charge < -0.3 is 19.7 Å². The van der Waals surface area contributed by atoms with Crippen LogP contribution in [0.2, 0.25) is 0 Å². The smallest absolute Gasteiger partial charge is 0.117 e. The number of piperazine rings is 1. The highest BCUT2D eigenvalue weighted by Crippen LogP contribution is 2.26. The summed E-state index contributed by atoms with van der Waals surface area (Å²) in [5.41, 5.74) is 2.20. The van der Waals surface area contributed by atoms with E-state index in [4.69, 9.17) is 10.7 Å². The van der Waals surface area contributed by atoms with Crippen LogP contribution in [0.4, 0.5) is 11.4 Å². The van der Waals surface area contributed by atoms with E-state index in [2.05, 4.69) is 21.9 Å². The maximum Gasteiger partial charge on any atom is 0.117 e. The second kappa shape index (κ2) is 6.68. The van der Waals surface area contributed by atoms with Gasteiger partial charge in [-0.2, -0.15) is 0 Å². The van der Waals surface area contributed by atoms with Crippen molar-refractivity contribution in [3.05, 3.63) is 54.6 Å². The molecule has 1 aliphatic rings. The summed E-state index contributed by atoms with van der Waals surface area (Å²) >= 11 is 0. The van der Waals surface area contributed by atoms with Gasteiger partial charge in [-0.1, -0.05) is 24.3 Å². The van der Waals surface area contributed by atoms with Crippen LogP contribution in [0.15, 0.2) is 54.6 Å². The Bertz CT molecular complexity index is 606. The van der Waals surface area contributed by atoms with Crippen LogP contribution in [0, 0.1) is 0 Å². The van der Waals surface area contributed by atoms with Crippen molar-refractivity contribution in [3.63, 3.8) is 0 Å². The van der Waals surface area contributed by atoms with Gasteiger partial charge in [-0.25, -0.2) is 5.90 Å². The normalized spacial score (nSPS) is 18.5. The Labute approximate surface area is 130 Å². The van der Waals surface area contributed by atoms with Gasteiger partial charge in [0.15, 0.2) is 0 Å². The largest absolute Gasteiger partial charge is 0.508 e. The standard InChI is InChI=1S/C17H21N3O2/c18-22-13-16-12-19(14-5-2-1-3-6-14)9-10-20(16)15-7-4-8-17(21)11-15/h1-8,11,16,21H,9-10,12-13,18H2. The van der Waals surface area contributed by atoms with Crippen molar-refractivity contribution in [1.82, 2.24) is 0 Å². The number of phenols is 1. The molecule has 22 heavy (non-hydrogen) atoms. The van der Waals surface area contributed by atoms with Gasteiger partial charge in [-0.05, 0) is 24.3 Å². The maximum atomic E-state index is 9.70. The lowest BCUT2D eigenvalue weighted by molar-refractivity contribution is 0.120. The molecule has 3 N–H and O–H groups in total. The summed E-state index contributed by atoms with van der Waals surface area (Å²) in [7, 11) is 0. The summed E-state index contributed by atoms with van der Waals surface area (Å²) < 4.78 is 0. The van der Waals surface area contributed by atoms with Gasteiger partial charge in [-0.3, -0.25) is 0 Å². The highest BCUT2D eigenvalue weighted by Gasteiger charge is 2.27.